The van der Waals surface area contributed by atoms with E-state index in [1.54, 1.807) is 0 Å². The van der Waals surface area contributed by atoms with Gasteiger partial charge in [-0.05, 0) is 0 Å². The van der Waals surface area contributed by atoms with E-state index >= 15 is 0 Å². The summed E-state index contributed by atoms with van der Waals surface area (Å²) in [6.07, 6.45) is 3.97. The van der Waals surface area contributed by atoms with Gasteiger partial charge in [0.05, 0.1) is 0 Å². The summed E-state index contributed by atoms with van der Waals surface area (Å²) in [5, 5.41) is 4.65. The third-order valence-corrected chi connectivity index (χ3v) is 52.9. The second-order valence-electron chi connectivity index (χ2n) is 16.6. The van der Waals surface area contributed by atoms with E-state index in [1.807, 2.05) is 0 Å². The Morgan fingerprint density at radius 2 is 0.536 bits per heavy atom. The van der Waals surface area contributed by atoms with Crippen LogP contribution in [0.4, 0.5) is 0 Å². The summed E-state index contributed by atoms with van der Waals surface area (Å²) in [4.78, 5) is 9.18. The van der Waals surface area contributed by atoms with E-state index < -0.39 is 55.5 Å². The Kier molecular flexibility index (Phi) is 17.7. The molecule has 1 heterocycles. The van der Waals surface area contributed by atoms with E-state index in [-0.39, 0.29) is 0 Å². The van der Waals surface area contributed by atoms with Crippen molar-refractivity contribution < 1.29 is 11.1 Å². The van der Waals surface area contributed by atoms with Gasteiger partial charge in [0.1, 0.15) is 0 Å². The van der Waals surface area contributed by atoms with Crippen molar-refractivity contribution in [2.45, 2.75) is 43.4 Å². The van der Waals surface area contributed by atoms with Crippen LogP contribution in [0.25, 0.3) is 0 Å². The first-order valence-electron chi connectivity index (χ1n) is 20.5. The molecule has 1 aliphatic heterocycles. The zero-order valence-electron chi connectivity index (χ0n) is 35.5. The molecule has 56 heavy (non-hydrogen) atoms. The molecule has 4 aromatic rings. The molecule has 0 atom stereocenters. The van der Waals surface area contributed by atoms with Gasteiger partial charge in [0, 0.05) is 0 Å². The summed E-state index contributed by atoms with van der Waals surface area (Å²) in [6.45, 7) is 3.87. The molecule has 1 saturated heterocycles. The molecule has 0 spiro atoms. The molecule has 4 aromatic carbocycles. The van der Waals surface area contributed by atoms with Crippen molar-refractivity contribution >= 4 is 76.3 Å². The molecule has 0 aromatic heterocycles. The monoisotopic (exact) mass is 1010 g/mol. The van der Waals surface area contributed by atoms with Gasteiger partial charge in [-0.3, -0.25) is 0 Å². The van der Waals surface area contributed by atoms with E-state index in [9.17, 15) is 0 Å². The summed E-state index contributed by atoms with van der Waals surface area (Å²) < 4.78 is 37.5. The summed E-state index contributed by atoms with van der Waals surface area (Å²) >= 11 is -8.72. The van der Waals surface area contributed by atoms with Crippen LogP contribution >= 0.6 is 0 Å². The molecule has 1 fully saturated rings. The van der Waals surface area contributed by atoms with Crippen molar-refractivity contribution in [1.29, 1.82) is 0 Å². The fourth-order valence-corrected chi connectivity index (χ4v) is 65.4. The van der Waals surface area contributed by atoms with Crippen molar-refractivity contribution in [2.75, 3.05) is 82.6 Å². The number of hydrogen-bond donors (Lipinski definition) is 0. The number of benzene rings is 4. The Bertz CT molecular complexity index is 1460. The van der Waals surface area contributed by atoms with Gasteiger partial charge < -0.3 is 0 Å². The van der Waals surface area contributed by atoms with Gasteiger partial charge >= 0.3 is 354 Å². The second-order valence-corrected chi connectivity index (χ2v) is 45.2. The number of hydrogen-bond acceptors (Lipinski definition) is 8. The SMILES string of the molecule is CN(C)CC[CH2][Sn]1([CH2]CCN(C)C)[O][Si](c2ccccc2)(c2ccccc2)[O][Sn]([CH2]CCN(C)C)([CH2]CCN(C)C)[O][Si](c2ccccc2)(c2ccccc2)[O]1. The van der Waals surface area contributed by atoms with Crippen LogP contribution in [0.3, 0.4) is 0 Å². The molecule has 1 aliphatic rings. The van der Waals surface area contributed by atoms with E-state index in [0.29, 0.717) is 0 Å². The van der Waals surface area contributed by atoms with E-state index in [4.69, 9.17) is 11.1 Å². The van der Waals surface area contributed by atoms with Crippen LogP contribution in [0.5, 0.6) is 0 Å². The van der Waals surface area contributed by atoms with E-state index in [0.717, 1.165) is 90.4 Å². The standard InChI is InChI=1S/2C12H10O2Si.4C5H12N.2Sn/c2*13-15(14,11-7-3-1-4-8-11)12-9-5-2-6-10-12;4*1-4-5-6(2)3;;/h2*1-10H;4*1,4-5H2,2-3H3;;/q2*-2;;;;;2*+2. The Morgan fingerprint density at radius 1 is 0.339 bits per heavy atom. The molecule has 0 N–H and O–H groups in total. The molecule has 8 nitrogen and oxygen atoms in total. The molecule has 12 heteroatoms. The summed E-state index contributed by atoms with van der Waals surface area (Å²) in [7, 11) is 10.5. The zero-order valence-corrected chi connectivity index (χ0v) is 43.2. The first-order valence-corrected chi connectivity index (χ1v) is 36.9. The molecule has 0 saturated carbocycles. The van der Waals surface area contributed by atoms with Crippen LogP contribution in [0.15, 0.2) is 121 Å². The molecule has 0 bridgehead atoms. The van der Waals surface area contributed by atoms with Gasteiger partial charge in [-0.1, -0.05) is 0 Å². The Hall–Kier alpha value is -1.41. The van der Waals surface area contributed by atoms with Crippen LogP contribution in [-0.2, 0) is 11.1 Å². The predicted octanol–water partition coefficient (Wildman–Crippen LogP) is 5.27. The first-order chi connectivity index (χ1) is 26.9. The van der Waals surface area contributed by atoms with E-state index in [1.165, 1.54) is 0 Å². The molecule has 5 rings (SSSR count). The van der Waals surface area contributed by atoms with Crippen molar-refractivity contribution in [3.63, 3.8) is 0 Å². The third-order valence-electron chi connectivity index (χ3n) is 10.6. The second kappa shape index (κ2) is 21.7. The summed E-state index contributed by atoms with van der Waals surface area (Å²) in [5.41, 5.74) is 0. The maximum atomic E-state index is 8.46. The molecular formula is C44H68N4O4Si2Sn2. The van der Waals surface area contributed by atoms with Crippen molar-refractivity contribution in [3.05, 3.63) is 121 Å². The van der Waals surface area contributed by atoms with Gasteiger partial charge in [0.25, 0.3) is 0 Å². The molecule has 0 unspecified atom stereocenters. The Morgan fingerprint density at radius 3 is 0.714 bits per heavy atom. The molecule has 0 radical (unpaired) electrons. The minimum absolute atomic E-state index is 0.916. The quantitative estimate of drug-likeness (QED) is 0.111. The topological polar surface area (TPSA) is 49.9 Å². The van der Waals surface area contributed by atoms with Crippen molar-refractivity contribution in [2.24, 2.45) is 0 Å². The first kappa shape index (κ1) is 45.7. The Balaban J connectivity index is 1.88. The van der Waals surface area contributed by atoms with Gasteiger partial charge in [-0.2, -0.15) is 0 Å². The predicted molar refractivity (Wildman–Crippen MR) is 244 cm³/mol. The zero-order chi connectivity index (χ0) is 40.1. The van der Waals surface area contributed by atoms with Crippen LogP contribution in [-0.4, -0.2) is 158 Å². The molecular weight excluding hydrogens is 942 g/mol. The third kappa shape index (κ3) is 12.3. The fraction of sp³-hybridized carbons (Fsp3) is 0.455. The van der Waals surface area contributed by atoms with Gasteiger partial charge in [0.15, 0.2) is 0 Å². The van der Waals surface area contributed by atoms with E-state index in [2.05, 4.69) is 197 Å². The van der Waals surface area contributed by atoms with Gasteiger partial charge in [-0.15, -0.1) is 0 Å². The van der Waals surface area contributed by atoms with Gasteiger partial charge in [0.2, 0.25) is 0 Å². The molecule has 304 valence electrons. The van der Waals surface area contributed by atoms with Crippen LogP contribution in [0.2, 0.25) is 17.7 Å². The Labute approximate surface area is 351 Å². The van der Waals surface area contributed by atoms with Crippen LogP contribution in [0, 0.1) is 0 Å². The van der Waals surface area contributed by atoms with Crippen LogP contribution < -0.4 is 20.7 Å². The number of nitrogens with zero attached hydrogens (tertiary/aromatic N) is 4. The summed E-state index contributed by atoms with van der Waals surface area (Å²) in [6, 6.07) is 43.9. The summed E-state index contributed by atoms with van der Waals surface area (Å²) in [5.74, 6) is 0. The maximum absolute atomic E-state index is 8.46. The fourth-order valence-electron chi connectivity index (χ4n) is 7.88. The van der Waals surface area contributed by atoms with Gasteiger partial charge in [-0.25, -0.2) is 0 Å². The van der Waals surface area contributed by atoms with Crippen LogP contribution in [0.1, 0.15) is 25.7 Å². The molecule has 0 aliphatic carbocycles. The van der Waals surface area contributed by atoms with Crippen molar-refractivity contribution in [3.8, 4) is 0 Å². The average molecular weight is 1010 g/mol. The molecule has 0 amide bonds. The number of rotatable bonds is 20. The average Bonchev–Trinajstić information content (AvgIpc) is 3.17. The van der Waals surface area contributed by atoms with Crippen molar-refractivity contribution in [1.82, 2.24) is 19.6 Å². The minimum atomic E-state index is -4.36. The normalized spacial score (nSPS) is 17.6.